The van der Waals surface area contributed by atoms with Gasteiger partial charge < -0.3 is 19.6 Å². The molecule has 0 spiro atoms. The number of hydrogen-bond acceptors (Lipinski definition) is 6. The van der Waals surface area contributed by atoms with Crippen molar-refractivity contribution in [3.8, 4) is 11.6 Å². The minimum Gasteiger partial charge on any atom is -0.461 e. The number of furan rings is 1. The zero-order chi connectivity index (χ0) is 23.2. The van der Waals surface area contributed by atoms with Gasteiger partial charge in [-0.05, 0) is 61.7 Å². The minimum absolute atomic E-state index is 0.121. The van der Waals surface area contributed by atoms with Crippen molar-refractivity contribution in [2.75, 3.05) is 25.4 Å². The van der Waals surface area contributed by atoms with E-state index in [0.717, 1.165) is 56.1 Å². The van der Waals surface area contributed by atoms with Crippen LogP contribution in [0.2, 0.25) is 0 Å². The summed E-state index contributed by atoms with van der Waals surface area (Å²) in [5, 5.41) is 5.30. The van der Waals surface area contributed by atoms with Gasteiger partial charge in [-0.1, -0.05) is 6.07 Å². The van der Waals surface area contributed by atoms with E-state index in [9.17, 15) is 8.78 Å². The highest BCUT2D eigenvalue weighted by Gasteiger charge is 2.23. The third-order valence-corrected chi connectivity index (χ3v) is 6.61. The Morgan fingerprint density at radius 3 is 2.65 bits per heavy atom. The topological polar surface area (TPSA) is 90.4 Å². The Morgan fingerprint density at radius 1 is 1.03 bits per heavy atom. The number of rotatable bonds is 5. The van der Waals surface area contributed by atoms with Crippen LogP contribution in [0.1, 0.15) is 24.3 Å². The van der Waals surface area contributed by atoms with Crippen molar-refractivity contribution in [1.29, 1.82) is 0 Å². The van der Waals surface area contributed by atoms with Crippen LogP contribution >= 0.6 is 0 Å². The molecule has 5 aromatic rings. The lowest BCUT2D eigenvalue weighted by Crippen LogP contribution is -2.35. The third-order valence-electron chi connectivity index (χ3n) is 6.61. The molecule has 0 radical (unpaired) electrons. The molecule has 34 heavy (non-hydrogen) atoms. The number of aromatic nitrogens is 5. The van der Waals surface area contributed by atoms with Gasteiger partial charge >= 0.3 is 0 Å². The first-order valence-corrected chi connectivity index (χ1v) is 11.3. The van der Waals surface area contributed by atoms with Crippen LogP contribution in [0.25, 0.3) is 28.3 Å². The van der Waals surface area contributed by atoms with Crippen LogP contribution < -0.4 is 5.73 Å². The number of piperidine rings is 1. The van der Waals surface area contributed by atoms with Crippen LogP contribution in [0.5, 0.6) is 0 Å². The van der Waals surface area contributed by atoms with Crippen LogP contribution in [-0.2, 0) is 6.54 Å². The molecule has 10 heteroatoms. The first-order chi connectivity index (χ1) is 16.6. The second kappa shape index (κ2) is 8.21. The Kier molecular flexibility index (Phi) is 5.02. The Labute approximate surface area is 193 Å². The standard InChI is InChI=1S/C24H23F2N7O/c25-16-3-4-17(19(26)14-16)15-5-8-31(9-6-15)11-12-32-10-7-18-22(32)29-24(27)33-23(18)28-21(30-33)20-2-1-13-34-20/h1-4,7,10,13-15H,5-6,8-9,11-12H2,(H2,27,29). The quantitative estimate of drug-likeness (QED) is 0.422. The van der Waals surface area contributed by atoms with Crippen molar-refractivity contribution >= 4 is 22.6 Å². The van der Waals surface area contributed by atoms with E-state index in [0.29, 0.717) is 22.8 Å². The van der Waals surface area contributed by atoms with Gasteiger partial charge in [-0.3, -0.25) is 0 Å². The normalized spacial score (nSPS) is 15.6. The summed E-state index contributed by atoms with van der Waals surface area (Å²) in [4.78, 5) is 11.5. The van der Waals surface area contributed by atoms with Gasteiger partial charge in [0.25, 0.3) is 0 Å². The van der Waals surface area contributed by atoms with Crippen LogP contribution in [0.3, 0.4) is 0 Å². The molecule has 2 N–H and O–H groups in total. The summed E-state index contributed by atoms with van der Waals surface area (Å²) in [6, 6.07) is 9.45. The van der Waals surface area contributed by atoms with Gasteiger partial charge in [0.15, 0.2) is 11.4 Å². The molecule has 0 unspecified atom stereocenters. The van der Waals surface area contributed by atoms with E-state index in [1.807, 2.05) is 12.3 Å². The van der Waals surface area contributed by atoms with Crippen molar-refractivity contribution in [3.05, 3.63) is 66.1 Å². The summed E-state index contributed by atoms with van der Waals surface area (Å²) in [7, 11) is 0. The van der Waals surface area contributed by atoms with E-state index >= 15 is 0 Å². The van der Waals surface area contributed by atoms with E-state index < -0.39 is 11.6 Å². The first kappa shape index (κ1) is 20.8. The Bertz CT molecular complexity index is 1470. The molecular weight excluding hydrogens is 440 g/mol. The highest BCUT2D eigenvalue weighted by Crippen LogP contribution is 2.30. The lowest BCUT2D eigenvalue weighted by molar-refractivity contribution is 0.204. The van der Waals surface area contributed by atoms with Crippen LogP contribution in [0, 0.1) is 11.6 Å². The molecule has 8 nitrogen and oxygen atoms in total. The monoisotopic (exact) mass is 463 g/mol. The Morgan fingerprint density at radius 2 is 1.88 bits per heavy atom. The number of anilines is 1. The van der Waals surface area contributed by atoms with Crippen molar-refractivity contribution in [1.82, 2.24) is 29.0 Å². The number of nitrogens with zero attached hydrogens (tertiary/aromatic N) is 6. The molecule has 1 aliphatic heterocycles. The second-order valence-electron chi connectivity index (χ2n) is 8.65. The highest BCUT2D eigenvalue weighted by molar-refractivity contribution is 5.91. The predicted molar refractivity (Wildman–Crippen MR) is 123 cm³/mol. The summed E-state index contributed by atoms with van der Waals surface area (Å²) in [5.74, 6) is 0.424. The SMILES string of the molecule is Nc1nc2c(ccn2CCN2CCC(c3ccc(F)cc3F)CC2)c2nc(-c3ccco3)nn12. The lowest BCUT2D eigenvalue weighted by atomic mass is 9.89. The van der Waals surface area contributed by atoms with Gasteiger partial charge in [-0.2, -0.15) is 9.50 Å². The molecule has 6 rings (SSSR count). The summed E-state index contributed by atoms with van der Waals surface area (Å²) in [6.45, 7) is 3.29. The third kappa shape index (κ3) is 3.60. The highest BCUT2D eigenvalue weighted by atomic mass is 19.1. The molecule has 1 saturated heterocycles. The van der Waals surface area contributed by atoms with Gasteiger partial charge in [-0.25, -0.2) is 13.8 Å². The maximum absolute atomic E-state index is 14.1. The molecule has 1 aromatic carbocycles. The second-order valence-corrected chi connectivity index (χ2v) is 8.65. The van der Waals surface area contributed by atoms with Crippen molar-refractivity contribution in [2.45, 2.75) is 25.3 Å². The van der Waals surface area contributed by atoms with Crippen molar-refractivity contribution in [2.24, 2.45) is 0 Å². The molecule has 0 aliphatic carbocycles. The number of halogens is 2. The lowest BCUT2D eigenvalue weighted by Gasteiger charge is -2.32. The van der Waals surface area contributed by atoms with Gasteiger partial charge in [0, 0.05) is 25.4 Å². The number of fused-ring (bicyclic) bond motifs is 3. The molecular formula is C24H23F2N7O. The van der Waals surface area contributed by atoms with E-state index in [2.05, 4.69) is 24.5 Å². The molecule has 1 fully saturated rings. The summed E-state index contributed by atoms with van der Waals surface area (Å²) >= 11 is 0. The van der Waals surface area contributed by atoms with E-state index in [1.165, 1.54) is 10.6 Å². The van der Waals surface area contributed by atoms with Gasteiger partial charge in [-0.15, -0.1) is 5.10 Å². The van der Waals surface area contributed by atoms with Gasteiger partial charge in [0.05, 0.1) is 11.6 Å². The molecule has 4 aromatic heterocycles. The van der Waals surface area contributed by atoms with Gasteiger partial charge in [0.1, 0.15) is 17.3 Å². The molecule has 5 heterocycles. The number of likely N-dealkylation sites (tertiary alicyclic amines) is 1. The van der Waals surface area contributed by atoms with Crippen LogP contribution in [0.4, 0.5) is 14.7 Å². The summed E-state index contributed by atoms with van der Waals surface area (Å²) in [6.07, 6.45) is 5.25. The minimum atomic E-state index is -0.535. The fourth-order valence-corrected chi connectivity index (χ4v) is 4.81. The summed E-state index contributed by atoms with van der Waals surface area (Å²) in [5.41, 5.74) is 8.19. The fourth-order valence-electron chi connectivity index (χ4n) is 4.81. The molecule has 0 saturated carbocycles. The zero-order valence-corrected chi connectivity index (χ0v) is 18.4. The average molecular weight is 463 g/mol. The first-order valence-electron chi connectivity index (χ1n) is 11.3. The van der Waals surface area contributed by atoms with Crippen molar-refractivity contribution in [3.63, 3.8) is 0 Å². The zero-order valence-electron chi connectivity index (χ0n) is 18.4. The number of nitrogen functional groups attached to an aromatic ring is 1. The molecule has 0 amide bonds. The Hall–Kier alpha value is -3.79. The molecule has 1 aliphatic rings. The van der Waals surface area contributed by atoms with E-state index in [1.54, 1.807) is 24.5 Å². The van der Waals surface area contributed by atoms with Crippen LogP contribution in [0.15, 0.2) is 53.3 Å². The maximum Gasteiger partial charge on any atom is 0.225 e. The largest absolute Gasteiger partial charge is 0.461 e. The summed E-state index contributed by atoms with van der Waals surface area (Å²) < 4.78 is 36.4. The van der Waals surface area contributed by atoms with Crippen LogP contribution in [-0.4, -0.2) is 48.7 Å². The van der Waals surface area contributed by atoms with Gasteiger partial charge in [0.2, 0.25) is 11.8 Å². The molecule has 0 atom stereocenters. The van der Waals surface area contributed by atoms with Crippen molar-refractivity contribution < 1.29 is 13.2 Å². The fraction of sp³-hybridized carbons (Fsp3) is 0.292. The number of benzene rings is 1. The number of hydrogen-bond donors (Lipinski definition) is 1. The predicted octanol–water partition coefficient (Wildman–Crippen LogP) is 4.08. The molecule has 0 bridgehead atoms. The average Bonchev–Trinajstić information content (AvgIpc) is 3.58. The Balaban J connectivity index is 1.17. The maximum atomic E-state index is 14.1. The molecule has 174 valence electrons. The smallest absolute Gasteiger partial charge is 0.225 e. The van der Waals surface area contributed by atoms with E-state index in [-0.39, 0.29) is 11.9 Å². The van der Waals surface area contributed by atoms with E-state index in [4.69, 9.17) is 10.2 Å². The number of nitrogens with two attached hydrogens (primary N) is 1.